The molecule has 1 saturated carbocycles. The van der Waals surface area contributed by atoms with Crippen LogP contribution >= 0.6 is 0 Å². The number of carbonyl (C=O) groups is 2. The molecule has 2 aromatic carbocycles. The molecule has 3 rings (SSSR count). The fourth-order valence-corrected chi connectivity index (χ4v) is 4.56. The Morgan fingerprint density at radius 1 is 1.17 bits per heavy atom. The number of hydrogen-bond acceptors (Lipinski definition) is 6. The van der Waals surface area contributed by atoms with E-state index in [1.807, 2.05) is 38.1 Å². The van der Waals surface area contributed by atoms with Gasteiger partial charge in [0, 0.05) is 24.7 Å². The van der Waals surface area contributed by atoms with Gasteiger partial charge in [0.15, 0.2) is 6.61 Å². The summed E-state index contributed by atoms with van der Waals surface area (Å²) in [5, 5.41) is 14.3. The molecule has 1 aliphatic carbocycles. The molecule has 9 nitrogen and oxygen atoms in total. The molecule has 0 heterocycles. The summed E-state index contributed by atoms with van der Waals surface area (Å²) in [5.74, 6) is -0.189. The Hall–Kier alpha value is -3.62. The van der Waals surface area contributed by atoms with Gasteiger partial charge < -0.3 is 19.7 Å². The normalized spacial score (nSPS) is 14.5. The SMILES string of the molecule is CC[C@@H](C(=O)NC1CCCCC1)N(Cc1ccccc1C)C(=O)COc1ccc([N+](=O)[O-])c(OC)c1. The molecule has 194 valence electrons. The number of amides is 2. The van der Waals surface area contributed by atoms with Gasteiger partial charge in [-0.15, -0.1) is 0 Å². The summed E-state index contributed by atoms with van der Waals surface area (Å²) in [6, 6.07) is 11.3. The third-order valence-electron chi connectivity index (χ3n) is 6.65. The second-order valence-electron chi connectivity index (χ2n) is 9.10. The maximum absolute atomic E-state index is 13.4. The maximum atomic E-state index is 13.4. The number of nitro benzene ring substituents is 1. The van der Waals surface area contributed by atoms with Crippen LogP contribution in [0.3, 0.4) is 0 Å². The Balaban J connectivity index is 1.79. The van der Waals surface area contributed by atoms with Crippen molar-refractivity contribution in [3.63, 3.8) is 0 Å². The minimum atomic E-state index is -0.644. The number of rotatable bonds is 11. The van der Waals surface area contributed by atoms with Crippen molar-refractivity contribution < 1.29 is 24.0 Å². The van der Waals surface area contributed by atoms with Crippen molar-refractivity contribution in [3.05, 3.63) is 63.7 Å². The van der Waals surface area contributed by atoms with E-state index in [0.717, 1.165) is 36.8 Å². The van der Waals surface area contributed by atoms with Gasteiger partial charge in [-0.3, -0.25) is 19.7 Å². The first kappa shape index (κ1) is 27.0. The lowest BCUT2D eigenvalue weighted by atomic mass is 9.95. The predicted molar refractivity (Wildman–Crippen MR) is 136 cm³/mol. The summed E-state index contributed by atoms with van der Waals surface area (Å²) in [6.07, 6.45) is 5.76. The van der Waals surface area contributed by atoms with Gasteiger partial charge in [-0.25, -0.2) is 0 Å². The summed E-state index contributed by atoms with van der Waals surface area (Å²) in [5.41, 5.74) is 1.79. The summed E-state index contributed by atoms with van der Waals surface area (Å²) >= 11 is 0. The highest BCUT2D eigenvalue weighted by molar-refractivity contribution is 5.88. The van der Waals surface area contributed by atoms with Crippen molar-refractivity contribution in [3.8, 4) is 11.5 Å². The molecule has 1 fully saturated rings. The van der Waals surface area contributed by atoms with Crippen LogP contribution in [0.1, 0.15) is 56.6 Å². The van der Waals surface area contributed by atoms with Gasteiger partial charge in [0.1, 0.15) is 11.8 Å². The first-order valence-electron chi connectivity index (χ1n) is 12.4. The Morgan fingerprint density at radius 2 is 1.89 bits per heavy atom. The van der Waals surface area contributed by atoms with Gasteiger partial charge in [0.05, 0.1) is 12.0 Å². The topological polar surface area (TPSA) is 111 Å². The second kappa shape index (κ2) is 12.9. The van der Waals surface area contributed by atoms with E-state index in [9.17, 15) is 19.7 Å². The molecule has 2 amide bonds. The minimum absolute atomic E-state index is 0.0417. The lowest BCUT2D eigenvalue weighted by molar-refractivity contribution is -0.385. The van der Waals surface area contributed by atoms with E-state index in [1.54, 1.807) is 4.90 Å². The van der Waals surface area contributed by atoms with Crippen LogP contribution in [0.5, 0.6) is 11.5 Å². The van der Waals surface area contributed by atoms with Gasteiger partial charge in [-0.1, -0.05) is 50.5 Å². The fourth-order valence-electron chi connectivity index (χ4n) is 4.56. The highest BCUT2D eigenvalue weighted by Crippen LogP contribution is 2.31. The maximum Gasteiger partial charge on any atom is 0.311 e. The largest absolute Gasteiger partial charge is 0.490 e. The number of aryl methyl sites for hydroxylation is 1. The Morgan fingerprint density at radius 3 is 2.53 bits per heavy atom. The zero-order chi connectivity index (χ0) is 26.1. The molecule has 9 heteroatoms. The van der Waals surface area contributed by atoms with Crippen LogP contribution in [0, 0.1) is 17.0 Å². The molecule has 0 aromatic heterocycles. The zero-order valence-electron chi connectivity index (χ0n) is 21.2. The number of nitrogens with one attached hydrogen (secondary N) is 1. The molecule has 1 aliphatic rings. The quantitative estimate of drug-likeness (QED) is 0.360. The van der Waals surface area contributed by atoms with Gasteiger partial charge in [-0.2, -0.15) is 0 Å². The number of nitro groups is 1. The molecule has 0 bridgehead atoms. The molecule has 1 atom stereocenters. The van der Waals surface area contributed by atoms with E-state index >= 15 is 0 Å². The number of ether oxygens (including phenoxy) is 2. The Bertz CT molecular complexity index is 1070. The fraction of sp³-hybridized carbons (Fsp3) is 0.481. The van der Waals surface area contributed by atoms with Gasteiger partial charge in [0.2, 0.25) is 11.7 Å². The Kier molecular flexibility index (Phi) is 9.67. The van der Waals surface area contributed by atoms with E-state index in [1.165, 1.54) is 31.7 Å². The molecule has 0 saturated heterocycles. The summed E-state index contributed by atoms with van der Waals surface area (Å²) < 4.78 is 10.8. The molecule has 0 aliphatic heterocycles. The third-order valence-corrected chi connectivity index (χ3v) is 6.65. The lowest BCUT2D eigenvalue weighted by Gasteiger charge is -2.33. The molecular weight excluding hydrogens is 462 g/mol. The summed E-state index contributed by atoms with van der Waals surface area (Å²) in [6.45, 7) is 3.82. The van der Waals surface area contributed by atoms with Crippen molar-refractivity contribution in [2.75, 3.05) is 13.7 Å². The summed E-state index contributed by atoms with van der Waals surface area (Å²) in [4.78, 5) is 38.9. The van der Waals surface area contributed by atoms with E-state index in [-0.39, 0.29) is 48.2 Å². The number of benzene rings is 2. The van der Waals surface area contributed by atoms with Crippen LogP contribution in [-0.2, 0) is 16.1 Å². The number of nitrogens with zero attached hydrogens (tertiary/aromatic N) is 2. The van der Waals surface area contributed by atoms with Crippen molar-refractivity contribution in [1.29, 1.82) is 0 Å². The van der Waals surface area contributed by atoms with Gasteiger partial charge in [0.25, 0.3) is 5.91 Å². The van der Waals surface area contributed by atoms with Crippen LogP contribution in [0.4, 0.5) is 5.69 Å². The van der Waals surface area contributed by atoms with E-state index in [0.29, 0.717) is 6.42 Å². The van der Waals surface area contributed by atoms with Gasteiger partial charge >= 0.3 is 5.69 Å². The van der Waals surface area contributed by atoms with Crippen LogP contribution < -0.4 is 14.8 Å². The van der Waals surface area contributed by atoms with Crippen LogP contribution in [0.25, 0.3) is 0 Å². The van der Waals surface area contributed by atoms with E-state index < -0.39 is 11.0 Å². The predicted octanol–water partition coefficient (Wildman–Crippen LogP) is 4.55. The standard InChI is InChI=1S/C27H35N3O6/c1-4-23(27(32)28-21-12-6-5-7-13-21)29(17-20-11-9-8-10-19(20)2)26(31)18-36-22-14-15-24(30(33)34)25(16-22)35-3/h8-11,14-16,21,23H,4-7,12-13,17-18H2,1-3H3,(H,28,32)/t23-/m0/s1. The smallest absolute Gasteiger partial charge is 0.311 e. The summed E-state index contributed by atoms with van der Waals surface area (Å²) in [7, 11) is 1.33. The molecule has 0 unspecified atom stereocenters. The monoisotopic (exact) mass is 497 g/mol. The molecule has 2 aromatic rings. The molecule has 0 radical (unpaired) electrons. The average molecular weight is 498 g/mol. The van der Waals surface area contributed by atoms with Gasteiger partial charge in [-0.05, 0) is 43.4 Å². The number of carbonyl (C=O) groups excluding carboxylic acids is 2. The first-order valence-corrected chi connectivity index (χ1v) is 12.4. The second-order valence-corrected chi connectivity index (χ2v) is 9.10. The number of methoxy groups -OCH3 is 1. The molecule has 0 spiro atoms. The highest BCUT2D eigenvalue weighted by Gasteiger charge is 2.31. The van der Waals surface area contributed by atoms with Crippen LogP contribution in [-0.4, -0.2) is 47.4 Å². The van der Waals surface area contributed by atoms with Crippen LogP contribution in [0.2, 0.25) is 0 Å². The zero-order valence-corrected chi connectivity index (χ0v) is 21.2. The third kappa shape index (κ3) is 6.96. The highest BCUT2D eigenvalue weighted by atomic mass is 16.6. The minimum Gasteiger partial charge on any atom is -0.490 e. The Labute approximate surface area is 211 Å². The molecular formula is C27H35N3O6. The van der Waals surface area contributed by atoms with E-state index in [2.05, 4.69) is 5.32 Å². The van der Waals surface area contributed by atoms with Crippen LogP contribution in [0.15, 0.2) is 42.5 Å². The molecule has 36 heavy (non-hydrogen) atoms. The average Bonchev–Trinajstić information content (AvgIpc) is 2.88. The van der Waals surface area contributed by atoms with E-state index in [4.69, 9.17) is 9.47 Å². The number of hydrogen-bond donors (Lipinski definition) is 1. The van der Waals surface area contributed by atoms with Crippen molar-refractivity contribution in [2.45, 2.75) is 71.0 Å². The van der Waals surface area contributed by atoms with Crippen molar-refractivity contribution in [2.24, 2.45) is 0 Å². The van der Waals surface area contributed by atoms with Crippen molar-refractivity contribution in [1.82, 2.24) is 10.2 Å². The molecule has 1 N–H and O–H groups in total. The lowest BCUT2D eigenvalue weighted by Crippen LogP contribution is -2.52. The first-order chi connectivity index (χ1) is 17.3. The van der Waals surface area contributed by atoms with Crippen molar-refractivity contribution >= 4 is 17.5 Å².